The van der Waals surface area contributed by atoms with E-state index in [1.807, 2.05) is 13.8 Å². The third-order valence-electron chi connectivity index (χ3n) is 1.71. The van der Waals surface area contributed by atoms with Gasteiger partial charge in [-0.1, -0.05) is 0 Å². The number of nitrogens with one attached hydrogen (secondary N) is 1. The lowest BCUT2D eigenvalue weighted by Gasteiger charge is -2.12. The molecule has 0 saturated carbocycles. The van der Waals surface area contributed by atoms with Crippen LogP contribution in [0.2, 0.25) is 0 Å². The molecule has 0 unspecified atom stereocenters. The summed E-state index contributed by atoms with van der Waals surface area (Å²) in [4.78, 5) is 18.9. The molecule has 0 saturated heterocycles. The number of anilines is 1. The van der Waals surface area contributed by atoms with Crippen molar-refractivity contribution >= 4 is 22.5 Å². The van der Waals surface area contributed by atoms with Gasteiger partial charge >= 0.3 is 0 Å². The van der Waals surface area contributed by atoms with E-state index in [1.54, 1.807) is 0 Å². The number of carbonyl (C=O) groups excluding carboxylic acids is 1. The number of carbonyl (C=O) groups is 1. The van der Waals surface area contributed by atoms with E-state index < -0.39 is 16.7 Å². The van der Waals surface area contributed by atoms with Gasteiger partial charge in [-0.15, -0.1) is 0 Å². The molecule has 1 atom stereocenters. The van der Waals surface area contributed by atoms with E-state index in [9.17, 15) is 9.00 Å². The molecule has 0 aliphatic rings. The molecule has 0 radical (unpaired) electrons. The summed E-state index contributed by atoms with van der Waals surface area (Å²) in [6, 6.07) is 0.0890. The lowest BCUT2D eigenvalue weighted by atomic mass is 10.3. The van der Waals surface area contributed by atoms with Crippen molar-refractivity contribution in [3.63, 3.8) is 0 Å². The molecule has 0 aliphatic carbocycles. The zero-order valence-electron chi connectivity index (χ0n) is 9.35. The molecule has 0 fully saturated rings. The maximum Gasteiger partial charge on any atom is 0.254 e. The van der Waals surface area contributed by atoms with E-state index in [0.29, 0.717) is 5.82 Å². The fourth-order valence-electron chi connectivity index (χ4n) is 1.07. The van der Waals surface area contributed by atoms with Gasteiger partial charge in [-0.2, -0.15) is 0 Å². The Labute approximate surface area is 96.1 Å². The number of nitrogens with two attached hydrogens (primary N) is 1. The number of primary amides is 1. The second kappa shape index (κ2) is 5.02. The van der Waals surface area contributed by atoms with Crippen molar-refractivity contribution in [2.24, 2.45) is 5.73 Å². The van der Waals surface area contributed by atoms with Crippen LogP contribution in [-0.2, 0) is 10.8 Å². The molecule has 3 N–H and O–H groups in total. The maximum atomic E-state index is 11.2. The highest BCUT2D eigenvalue weighted by atomic mass is 32.2. The first-order valence-corrected chi connectivity index (χ1v) is 6.24. The van der Waals surface area contributed by atoms with Crippen LogP contribution in [0.25, 0.3) is 0 Å². The maximum absolute atomic E-state index is 11.2. The summed E-state index contributed by atoms with van der Waals surface area (Å²) in [5.74, 6) is -0.292. The van der Waals surface area contributed by atoms with Crippen molar-refractivity contribution in [3.8, 4) is 0 Å². The van der Waals surface area contributed by atoms with Crippen LogP contribution in [0, 0.1) is 0 Å². The summed E-state index contributed by atoms with van der Waals surface area (Å²) in [5.41, 5.74) is 5.38. The van der Waals surface area contributed by atoms with Crippen LogP contribution < -0.4 is 11.1 Å². The molecule has 1 aromatic heterocycles. The number of hydrogen-bond acceptors (Lipinski definition) is 5. The lowest BCUT2D eigenvalue weighted by Crippen LogP contribution is -2.20. The summed E-state index contributed by atoms with van der Waals surface area (Å²) in [7, 11) is -1.29. The minimum absolute atomic E-state index is 0.0890. The van der Waals surface area contributed by atoms with E-state index in [-0.39, 0.29) is 16.8 Å². The second-order valence-corrected chi connectivity index (χ2v) is 4.81. The Hall–Kier alpha value is -1.50. The Morgan fingerprint density at radius 2 is 2.19 bits per heavy atom. The first-order valence-electron chi connectivity index (χ1n) is 4.68. The summed E-state index contributed by atoms with van der Waals surface area (Å²) in [6.07, 6.45) is 2.76. The van der Waals surface area contributed by atoms with Crippen molar-refractivity contribution in [2.45, 2.75) is 25.0 Å². The summed E-state index contributed by atoms with van der Waals surface area (Å²) >= 11 is 0. The van der Waals surface area contributed by atoms with Gasteiger partial charge in [0, 0.05) is 18.5 Å². The van der Waals surface area contributed by atoms with Crippen LogP contribution in [-0.4, -0.2) is 32.4 Å². The van der Waals surface area contributed by atoms with Crippen LogP contribution in [0.3, 0.4) is 0 Å². The predicted molar refractivity (Wildman–Crippen MR) is 61.6 cm³/mol. The molecule has 6 nitrogen and oxygen atoms in total. The van der Waals surface area contributed by atoms with Crippen molar-refractivity contribution < 1.29 is 9.00 Å². The molecular formula is C9H14N4O2S. The highest BCUT2D eigenvalue weighted by Crippen LogP contribution is 2.13. The zero-order chi connectivity index (χ0) is 12.3. The first-order chi connectivity index (χ1) is 7.41. The predicted octanol–water partition coefficient (Wildman–Crippen LogP) is 0.133. The van der Waals surface area contributed by atoms with E-state index in [2.05, 4.69) is 15.3 Å². The zero-order valence-corrected chi connectivity index (χ0v) is 10.2. The number of nitrogens with zero attached hydrogens (tertiary/aromatic N) is 2. The minimum Gasteiger partial charge on any atom is -0.367 e. The van der Waals surface area contributed by atoms with Gasteiger partial charge < -0.3 is 11.1 Å². The molecule has 88 valence electrons. The van der Waals surface area contributed by atoms with E-state index in [4.69, 9.17) is 5.73 Å². The molecule has 1 rings (SSSR count). The molecule has 16 heavy (non-hydrogen) atoms. The minimum atomic E-state index is -1.29. The van der Waals surface area contributed by atoms with Gasteiger partial charge in [-0.3, -0.25) is 9.00 Å². The van der Waals surface area contributed by atoms with Gasteiger partial charge in [0.1, 0.15) is 5.82 Å². The molecular weight excluding hydrogens is 228 g/mol. The van der Waals surface area contributed by atoms with E-state index in [1.165, 1.54) is 12.5 Å². The Balaban J connectivity index is 3.21. The topological polar surface area (TPSA) is 98.0 Å². The van der Waals surface area contributed by atoms with Crippen molar-refractivity contribution in [1.82, 2.24) is 9.97 Å². The van der Waals surface area contributed by atoms with Crippen LogP contribution in [0.15, 0.2) is 11.4 Å². The van der Waals surface area contributed by atoms with Crippen LogP contribution >= 0.6 is 0 Å². The van der Waals surface area contributed by atoms with E-state index in [0.717, 1.165) is 0 Å². The fraction of sp³-hybridized carbons (Fsp3) is 0.444. The standard InChI is InChI=1S/C9H14N4O2S/c1-5(2)12-8-6(7(10)14)4-11-9(13-8)16(3)15/h4-5H,1-3H3,(H2,10,14)(H,11,12,13)/t16-/m1/s1. The van der Waals surface area contributed by atoms with Crippen LogP contribution in [0.5, 0.6) is 0 Å². The summed E-state index contributed by atoms with van der Waals surface area (Å²) < 4.78 is 11.2. The molecule has 7 heteroatoms. The van der Waals surface area contributed by atoms with Gasteiger partial charge in [0.25, 0.3) is 5.91 Å². The van der Waals surface area contributed by atoms with Crippen molar-refractivity contribution in [2.75, 3.05) is 11.6 Å². The van der Waals surface area contributed by atoms with Crippen LogP contribution in [0.4, 0.5) is 5.82 Å². The smallest absolute Gasteiger partial charge is 0.254 e. The Morgan fingerprint density at radius 3 is 2.62 bits per heavy atom. The average molecular weight is 242 g/mol. The molecule has 0 spiro atoms. The average Bonchev–Trinajstić information content (AvgIpc) is 2.15. The van der Waals surface area contributed by atoms with Gasteiger partial charge in [-0.25, -0.2) is 9.97 Å². The molecule has 1 aromatic rings. The summed E-state index contributed by atoms with van der Waals surface area (Å²) in [6.45, 7) is 3.80. The highest BCUT2D eigenvalue weighted by molar-refractivity contribution is 7.84. The Morgan fingerprint density at radius 1 is 1.56 bits per heavy atom. The van der Waals surface area contributed by atoms with Crippen LogP contribution in [0.1, 0.15) is 24.2 Å². The molecule has 0 bridgehead atoms. The van der Waals surface area contributed by atoms with Gasteiger partial charge in [0.05, 0.1) is 16.4 Å². The molecule has 1 amide bonds. The van der Waals surface area contributed by atoms with Crippen molar-refractivity contribution in [1.29, 1.82) is 0 Å². The van der Waals surface area contributed by atoms with E-state index >= 15 is 0 Å². The molecule has 0 aromatic carbocycles. The first kappa shape index (κ1) is 12.6. The normalized spacial score (nSPS) is 12.5. The SMILES string of the molecule is CC(C)Nc1nc([S@@](C)=O)ncc1C(N)=O. The largest absolute Gasteiger partial charge is 0.367 e. The van der Waals surface area contributed by atoms with Crippen molar-refractivity contribution in [3.05, 3.63) is 11.8 Å². The summed E-state index contributed by atoms with van der Waals surface area (Å²) in [5, 5.41) is 3.14. The Bertz CT molecular complexity index is 434. The Kier molecular flexibility index (Phi) is 3.94. The highest BCUT2D eigenvalue weighted by Gasteiger charge is 2.13. The fourth-order valence-corrected chi connectivity index (χ4v) is 1.49. The van der Waals surface area contributed by atoms with Gasteiger partial charge in [-0.05, 0) is 13.8 Å². The lowest BCUT2D eigenvalue weighted by molar-refractivity contribution is 0.1000. The van der Waals surface area contributed by atoms with Gasteiger partial charge in [0.2, 0.25) is 5.16 Å². The van der Waals surface area contributed by atoms with Gasteiger partial charge in [0.15, 0.2) is 0 Å². The number of aromatic nitrogens is 2. The number of amides is 1. The quantitative estimate of drug-likeness (QED) is 0.731. The second-order valence-electron chi connectivity index (χ2n) is 3.53. The molecule has 1 heterocycles. The molecule has 0 aliphatic heterocycles. The number of hydrogen-bond donors (Lipinski definition) is 2. The monoisotopic (exact) mass is 242 g/mol. The third kappa shape index (κ3) is 2.99. The number of rotatable bonds is 4. The third-order valence-corrected chi connectivity index (χ3v) is 2.43.